The minimum atomic E-state index is -3.19. The van der Waals surface area contributed by atoms with Gasteiger partial charge in [0.2, 0.25) is 10.0 Å². The fourth-order valence-electron chi connectivity index (χ4n) is 2.00. The van der Waals surface area contributed by atoms with Crippen LogP contribution in [0.3, 0.4) is 0 Å². The number of nitrogens with zero attached hydrogens (tertiary/aromatic N) is 2. The van der Waals surface area contributed by atoms with Crippen molar-refractivity contribution in [2.45, 2.75) is 32.7 Å². The van der Waals surface area contributed by atoms with Crippen LogP contribution in [0.2, 0.25) is 0 Å². The molecule has 6 heteroatoms. The molecule has 0 fully saturated rings. The summed E-state index contributed by atoms with van der Waals surface area (Å²) in [5, 5.41) is 0. The van der Waals surface area contributed by atoms with Crippen molar-refractivity contribution in [1.29, 1.82) is 0 Å². The first kappa shape index (κ1) is 17.2. The number of aryl methyl sites for hydroxylation is 1. The Morgan fingerprint density at radius 3 is 2.65 bits per heavy atom. The Hall–Kier alpha value is -0.850. The first-order valence-electron chi connectivity index (χ1n) is 7.08. The third-order valence-corrected chi connectivity index (χ3v) is 5.20. The van der Waals surface area contributed by atoms with Crippen LogP contribution in [0.5, 0.6) is 0 Å². The average molecular weight is 302 g/mol. The fraction of sp³-hybridized carbons (Fsp3) is 0.714. The molecule has 116 valence electrons. The second-order valence-corrected chi connectivity index (χ2v) is 7.05. The summed E-state index contributed by atoms with van der Waals surface area (Å²) in [6.45, 7) is 3.51. The Kier molecular flexibility index (Phi) is 7.26. The van der Waals surface area contributed by atoms with Gasteiger partial charge < -0.3 is 9.30 Å². The molecule has 0 saturated carbocycles. The van der Waals surface area contributed by atoms with E-state index in [0.717, 1.165) is 12.1 Å². The first-order valence-corrected chi connectivity index (χ1v) is 8.69. The summed E-state index contributed by atoms with van der Waals surface area (Å²) in [4.78, 5) is 0. The van der Waals surface area contributed by atoms with E-state index in [2.05, 4.69) is 0 Å². The van der Waals surface area contributed by atoms with Gasteiger partial charge in [0.25, 0.3) is 0 Å². The van der Waals surface area contributed by atoms with Crippen LogP contribution >= 0.6 is 0 Å². The van der Waals surface area contributed by atoms with Crippen LogP contribution in [-0.4, -0.2) is 43.3 Å². The molecule has 0 radical (unpaired) electrons. The zero-order valence-electron chi connectivity index (χ0n) is 12.7. The molecule has 0 unspecified atom stereocenters. The molecule has 5 nitrogen and oxygen atoms in total. The van der Waals surface area contributed by atoms with Gasteiger partial charge in [0, 0.05) is 39.2 Å². The number of unbranched alkanes of at least 4 members (excludes halogenated alkanes) is 1. The van der Waals surface area contributed by atoms with E-state index in [1.54, 1.807) is 11.4 Å². The molecule has 0 aliphatic rings. The summed E-state index contributed by atoms with van der Waals surface area (Å²) in [6, 6.07) is 3.89. The average Bonchev–Trinajstić information content (AvgIpc) is 2.81. The molecule has 0 atom stereocenters. The molecule has 0 N–H and O–H groups in total. The topological polar surface area (TPSA) is 51.5 Å². The molecule has 0 spiro atoms. The van der Waals surface area contributed by atoms with Crippen molar-refractivity contribution in [3.8, 4) is 0 Å². The van der Waals surface area contributed by atoms with Crippen molar-refractivity contribution in [1.82, 2.24) is 8.87 Å². The lowest BCUT2D eigenvalue weighted by molar-refractivity contribution is 0.186. The molecule has 0 aromatic carbocycles. The zero-order valence-corrected chi connectivity index (χ0v) is 13.5. The molecule has 0 saturated heterocycles. The number of hydrogen-bond donors (Lipinski definition) is 0. The van der Waals surface area contributed by atoms with Gasteiger partial charge in [-0.3, -0.25) is 0 Å². The van der Waals surface area contributed by atoms with Gasteiger partial charge in [-0.25, -0.2) is 8.42 Å². The van der Waals surface area contributed by atoms with Gasteiger partial charge >= 0.3 is 0 Å². The molecule has 0 aliphatic heterocycles. The summed E-state index contributed by atoms with van der Waals surface area (Å²) in [5.74, 6) is 0.223. The van der Waals surface area contributed by atoms with Crippen LogP contribution in [0.15, 0.2) is 18.3 Å². The molecule has 0 amide bonds. The number of sulfonamides is 1. The third-order valence-electron chi connectivity index (χ3n) is 3.29. The normalized spacial score (nSPS) is 12.2. The van der Waals surface area contributed by atoms with E-state index in [0.29, 0.717) is 32.5 Å². The van der Waals surface area contributed by atoms with Gasteiger partial charge in [0.15, 0.2) is 0 Å². The molecular formula is C14H26N2O3S. The quantitative estimate of drug-likeness (QED) is 0.621. The van der Waals surface area contributed by atoms with E-state index in [9.17, 15) is 8.42 Å². The highest BCUT2D eigenvalue weighted by atomic mass is 32.2. The minimum Gasteiger partial charge on any atom is -0.385 e. The van der Waals surface area contributed by atoms with Crippen LogP contribution in [0, 0.1) is 0 Å². The van der Waals surface area contributed by atoms with Gasteiger partial charge in [0.1, 0.15) is 0 Å². The Balaban J connectivity index is 2.76. The Morgan fingerprint density at radius 2 is 2.10 bits per heavy atom. The van der Waals surface area contributed by atoms with Crippen molar-refractivity contribution in [3.05, 3.63) is 24.0 Å². The first-order chi connectivity index (χ1) is 9.51. The molecule has 1 aromatic rings. The Bertz CT molecular complexity index is 482. The number of methoxy groups -OCH3 is 1. The van der Waals surface area contributed by atoms with Crippen LogP contribution in [0.1, 0.15) is 31.9 Å². The van der Waals surface area contributed by atoms with Crippen LogP contribution < -0.4 is 0 Å². The van der Waals surface area contributed by atoms with Gasteiger partial charge in [0.05, 0.1) is 12.3 Å². The zero-order chi connectivity index (χ0) is 15.0. The van der Waals surface area contributed by atoms with Gasteiger partial charge in [-0.2, -0.15) is 4.31 Å². The van der Waals surface area contributed by atoms with Crippen LogP contribution in [0.25, 0.3) is 0 Å². The van der Waals surface area contributed by atoms with Crippen LogP contribution in [-0.2, 0) is 28.4 Å². The summed E-state index contributed by atoms with van der Waals surface area (Å²) in [5.41, 5.74) is 1.00. The van der Waals surface area contributed by atoms with Crippen LogP contribution in [0.4, 0.5) is 0 Å². The van der Waals surface area contributed by atoms with Crippen molar-refractivity contribution in [2.75, 3.05) is 26.0 Å². The summed E-state index contributed by atoms with van der Waals surface area (Å²) >= 11 is 0. The molecule has 0 aliphatic carbocycles. The van der Waals surface area contributed by atoms with E-state index in [4.69, 9.17) is 4.74 Å². The monoisotopic (exact) mass is 302 g/mol. The maximum Gasteiger partial charge on any atom is 0.214 e. The molecule has 1 aromatic heterocycles. The van der Waals surface area contributed by atoms with E-state index in [1.165, 1.54) is 0 Å². The lowest BCUT2D eigenvalue weighted by Crippen LogP contribution is -2.34. The lowest BCUT2D eigenvalue weighted by atomic mass is 10.4. The number of ether oxygens (including phenoxy) is 1. The Labute approximate surface area is 122 Å². The third kappa shape index (κ3) is 5.26. The maximum atomic E-state index is 12.4. The predicted octanol–water partition coefficient (Wildman–Crippen LogP) is 1.99. The van der Waals surface area contributed by atoms with Gasteiger partial charge in [-0.1, -0.05) is 13.3 Å². The molecule has 1 heterocycles. The van der Waals surface area contributed by atoms with Crippen molar-refractivity contribution >= 4 is 10.0 Å². The molecule has 0 bridgehead atoms. The van der Waals surface area contributed by atoms with E-state index >= 15 is 0 Å². The Morgan fingerprint density at radius 1 is 1.35 bits per heavy atom. The van der Waals surface area contributed by atoms with Crippen molar-refractivity contribution in [3.63, 3.8) is 0 Å². The smallest absolute Gasteiger partial charge is 0.214 e. The highest BCUT2D eigenvalue weighted by Crippen LogP contribution is 2.12. The minimum absolute atomic E-state index is 0.223. The summed E-state index contributed by atoms with van der Waals surface area (Å²) in [7, 11) is 0.371. The number of aromatic nitrogens is 1. The lowest BCUT2D eigenvalue weighted by Gasteiger charge is -2.22. The highest BCUT2D eigenvalue weighted by Gasteiger charge is 2.22. The second-order valence-electron chi connectivity index (χ2n) is 4.96. The van der Waals surface area contributed by atoms with Gasteiger partial charge in [-0.15, -0.1) is 0 Å². The fourth-order valence-corrected chi connectivity index (χ4v) is 3.65. The van der Waals surface area contributed by atoms with Crippen molar-refractivity contribution < 1.29 is 13.2 Å². The second kappa shape index (κ2) is 8.44. The van der Waals surface area contributed by atoms with E-state index < -0.39 is 10.0 Å². The predicted molar refractivity (Wildman–Crippen MR) is 81.0 cm³/mol. The highest BCUT2D eigenvalue weighted by molar-refractivity contribution is 7.89. The van der Waals surface area contributed by atoms with Gasteiger partial charge in [-0.05, 0) is 25.0 Å². The number of hydrogen-bond acceptors (Lipinski definition) is 3. The molecular weight excluding hydrogens is 276 g/mol. The van der Waals surface area contributed by atoms with Crippen molar-refractivity contribution in [2.24, 2.45) is 7.05 Å². The summed E-state index contributed by atoms with van der Waals surface area (Å²) in [6.07, 6.45) is 4.24. The number of rotatable bonds is 10. The summed E-state index contributed by atoms with van der Waals surface area (Å²) < 4.78 is 33.4. The standard InChI is InChI=1S/C14H26N2O3S/c1-4-5-12-20(17,18)16(10-7-11-19-3)13-14-8-6-9-15(14)2/h6,8-9H,4-5,7,10-13H2,1-3H3. The maximum absolute atomic E-state index is 12.4. The van der Waals surface area contributed by atoms with E-state index in [-0.39, 0.29) is 5.75 Å². The largest absolute Gasteiger partial charge is 0.385 e. The molecule has 1 rings (SSSR count). The molecule has 20 heavy (non-hydrogen) atoms. The SMILES string of the molecule is CCCCS(=O)(=O)N(CCCOC)Cc1cccn1C. The van der Waals surface area contributed by atoms with E-state index in [1.807, 2.05) is 36.9 Å².